The zero-order chi connectivity index (χ0) is 15.4. The van der Waals surface area contributed by atoms with Gasteiger partial charge in [-0.25, -0.2) is 4.39 Å². The highest BCUT2D eigenvalue weighted by atomic mass is 79.9. The maximum atomic E-state index is 14.3. The Kier molecular flexibility index (Phi) is 6.51. The van der Waals surface area contributed by atoms with E-state index in [0.29, 0.717) is 16.0 Å². The summed E-state index contributed by atoms with van der Waals surface area (Å²) in [4.78, 5) is 0. The summed E-state index contributed by atoms with van der Waals surface area (Å²) in [6.07, 6.45) is 8.57. The zero-order valence-corrected chi connectivity index (χ0v) is 14.9. The Hall–Kier alpha value is -0.120. The van der Waals surface area contributed by atoms with Gasteiger partial charge in [-0.05, 0) is 46.7 Å². The molecule has 1 fully saturated rings. The predicted octanol–water partition coefficient (Wildman–Crippen LogP) is 6.24. The third-order valence-electron chi connectivity index (χ3n) is 4.79. The van der Waals surface area contributed by atoms with Gasteiger partial charge < -0.3 is 5.73 Å². The van der Waals surface area contributed by atoms with Crippen molar-refractivity contribution in [3.8, 4) is 0 Å². The number of halogens is 3. The van der Waals surface area contributed by atoms with Crippen LogP contribution < -0.4 is 5.73 Å². The molecule has 0 aromatic heterocycles. The molecule has 1 nitrogen and oxygen atoms in total. The van der Waals surface area contributed by atoms with Gasteiger partial charge in [-0.2, -0.15) is 0 Å². The second kappa shape index (κ2) is 7.94. The molecule has 0 amide bonds. The molecule has 1 saturated carbocycles. The predicted molar refractivity (Wildman–Crippen MR) is 91.0 cm³/mol. The van der Waals surface area contributed by atoms with Gasteiger partial charge in [-0.1, -0.05) is 56.7 Å². The van der Waals surface area contributed by atoms with Crippen LogP contribution in [0.1, 0.15) is 63.5 Å². The fraction of sp³-hybridized carbons (Fsp3) is 0.647. The molecule has 2 N–H and O–H groups in total. The largest absolute Gasteiger partial charge is 0.324 e. The Bertz CT molecular complexity index is 472. The summed E-state index contributed by atoms with van der Waals surface area (Å²) in [6, 6.07) is 3.30. The lowest BCUT2D eigenvalue weighted by Gasteiger charge is -2.32. The Balaban J connectivity index is 1.99. The molecular formula is C17H24BrClFN. The first-order valence-electron chi connectivity index (χ1n) is 7.93. The molecule has 1 atom stereocenters. The van der Waals surface area contributed by atoms with E-state index in [1.165, 1.54) is 32.1 Å². The quantitative estimate of drug-likeness (QED) is 0.605. The second-order valence-corrected chi connectivity index (χ2v) is 7.45. The first-order valence-corrected chi connectivity index (χ1v) is 9.10. The molecule has 118 valence electrons. The average Bonchev–Trinajstić information content (AvgIpc) is 2.51. The van der Waals surface area contributed by atoms with Crippen LogP contribution in [0.4, 0.5) is 4.39 Å². The number of hydrogen-bond donors (Lipinski definition) is 1. The van der Waals surface area contributed by atoms with E-state index in [-0.39, 0.29) is 16.9 Å². The minimum Gasteiger partial charge on any atom is -0.324 e. The Morgan fingerprint density at radius 2 is 2.00 bits per heavy atom. The summed E-state index contributed by atoms with van der Waals surface area (Å²) < 4.78 is 14.9. The number of unbranched alkanes of at least 4 members (excludes halogenated alkanes) is 1. The standard InChI is InChI=1S/C17H24BrClFN/c1-2-3-4-11-5-7-12(8-6-11)17(21)13-9-10-14(18)15(19)16(13)20/h9-12,17H,2-8,21H2,1H3. The number of nitrogens with two attached hydrogens (primary N) is 1. The van der Waals surface area contributed by atoms with E-state index in [2.05, 4.69) is 22.9 Å². The third kappa shape index (κ3) is 4.20. The smallest absolute Gasteiger partial charge is 0.147 e. The van der Waals surface area contributed by atoms with Crippen LogP contribution in [0, 0.1) is 17.7 Å². The fourth-order valence-corrected chi connectivity index (χ4v) is 3.86. The van der Waals surface area contributed by atoms with Crippen molar-refractivity contribution >= 4 is 27.5 Å². The highest BCUT2D eigenvalue weighted by Crippen LogP contribution is 2.39. The molecule has 0 radical (unpaired) electrons. The molecule has 1 aromatic rings. The maximum absolute atomic E-state index is 14.3. The molecule has 1 unspecified atom stereocenters. The van der Waals surface area contributed by atoms with Crippen molar-refractivity contribution in [2.75, 3.05) is 0 Å². The van der Waals surface area contributed by atoms with Gasteiger partial charge in [0.2, 0.25) is 0 Å². The molecule has 1 aromatic carbocycles. The molecular weight excluding hydrogens is 353 g/mol. The Labute approximate surface area is 140 Å². The summed E-state index contributed by atoms with van der Waals surface area (Å²) in [5.41, 5.74) is 6.88. The highest BCUT2D eigenvalue weighted by molar-refractivity contribution is 9.10. The lowest BCUT2D eigenvalue weighted by molar-refractivity contribution is 0.230. The second-order valence-electron chi connectivity index (χ2n) is 6.21. The molecule has 0 spiro atoms. The van der Waals surface area contributed by atoms with E-state index in [0.717, 1.165) is 18.8 Å². The van der Waals surface area contributed by atoms with Gasteiger partial charge in [-0.15, -0.1) is 0 Å². The third-order valence-corrected chi connectivity index (χ3v) is 6.05. The molecule has 2 rings (SSSR count). The van der Waals surface area contributed by atoms with Gasteiger partial charge in [-0.3, -0.25) is 0 Å². The van der Waals surface area contributed by atoms with E-state index >= 15 is 0 Å². The van der Waals surface area contributed by atoms with Crippen molar-refractivity contribution in [3.63, 3.8) is 0 Å². The van der Waals surface area contributed by atoms with Crippen LogP contribution in [0.2, 0.25) is 5.02 Å². The van der Waals surface area contributed by atoms with Crippen molar-refractivity contribution < 1.29 is 4.39 Å². The maximum Gasteiger partial charge on any atom is 0.147 e. The van der Waals surface area contributed by atoms with Crippen molar-refractivity contribution in [1.29, 1.82) is 0 Å². The molecule has 4 heteroatoms. The summed E-state index contributed by atoms with van der Waals surface area (Å²) in [7, 11) is 0. The molecule has 0 aliphatic heterocycles. The van der Waals surface area contributed by atoms with E-state index in [1.807, 2.05) is 0 Å². The highest BCUT2D eigenvalue weighted by Gasteiger charge is 2.28. The van der Waals surface area contributed by atoms with E-state index in [1.54, 1.807) is 12.1 Å². The fourth-order valence-electron chi connectivity index (χ4n) is 3.38. The first kappa shape index (κ1) is 17.2. The Morgan fingerprint density at radius 3 is 2.62 bits per heavy atom. The Morgan fingerprint density at radius 1 is 1.33 bits per heavy atom. The molecule has 1 aliphatic carbocycles. The normalized spacial score (nSPS) is 24.0. The van der Waals surface area contributed by atoms with Gasteiger partial charge in [0.1, 0.15) is 5.82 Å². The monoisotopic (exact) mass is 375 g/mol. The summed E-state index contributed by atoms with van der Waals surface area (Å²) in [5, 5.41) is 0.139. The number of benzene rings is 1. The lowest BCUT2D eigenvalue weighted by atomic mass is 9.75. The minimum atomic E-state index is -0.369. The SMILES string of the molecule is CCCCC1CCC(C(N)c2ccc(Br)c(Cl)c2F)CC1. The van der Waals surface area contributed by atoms with Crippen LogP contribution in [-0.4, -0.2) is 0 Å². The van der Waals surface area contributed by atoms with Crippen LogP contribution in [0.25, 0.3) is 0 Å². The molecule has 1 aliphatic rings. The average molecular weight is 377 g/mol. The van der Waals surface area contributed by atoms with Crippen molar-refractivity contribution in [1.82, 2.24) is 0 Å². The van der Waals surface area contributed by atoms with E-state index in [9.17, 15) is 4.39 Å². The van der Waals surface area contributed by atoms with Crippen LogP contribution in [0.15, 0.2) is 16.6 Å². The van der Waals surface area contributed by atoms with Crippen LogP contribution >= 0.6 is 27.5 Å². The van der Waals surface area contributed by atoms with Gasteiger partial charge >= 0.3 is 0 Å². The van der Waals surface area contributed by atoms with Gasteiger partial charge in [0.25, 0.3) is 0 Å². The molecule has 21 heavy (non-hydrogen) atoms. The first-order chi connectivity index (χ1) is 10.0. The summed E-state index contributed by atoms with van der Waals surface area (Å²) in [6.45, 7) is 2.24. The van der Waals surface area contributed by atoms with Gasteiger partial charge in [0, 0.05) is 16.1 Å². The number of hydrogen-bond acceptors (Lipinski definition) is 1. The van der Waals surface area contributed by atoms with Crippen molar-refractivity contribution in [3.05, 3.63) is 33.0 Å². The van der Waals surface area contributed by atoms with Crippen LogP contribution in [-0.2, 0) is 0 Å². The van der Waals surface area contributed by atoms with Gasteiger partial charge in [0.15, 0.2) is 0 Å². The minimum absolute atomic E-state index is 0.139. The lowest BCUT2D eigenvalue weighted by Crippen LogP contribution is -2.27. The molecule has 0 saturated heterocycles. The van der Waals surface area contributed by atoms with Gasteiger partial charge in [0.05, 0.1) is 5.02 Å². The molecule has 0 bridgehead atoms. The summed E-state index contributed by atoms with van der Waals surface area (Å²) in [5.74, 6) is 0.841. The van der Waals surface area contributed by atoms with E-state index < -0.39 is 0 Å². The van der Waals surface area contributed by atoms with E-state index in [4.69, 9.17) is 17.3 Å². The zero-order valence-electron chi connectivity index (χ0n) is 12.5. The number of rotatable bonds is 5. The molecule has 0 heterocycles. The van der Waals surface area contributed by atoms with Crippen LogP contribution in [0.5, 0.6) is 0 Å². The summed E-state index contributed by atoms with van der Waals surface area (Å²) >= 11 is 9.21. The van der Waals surface area contributed by atoms with Crippen molar-refractivity contribution in [2.45, 2.75) is 57.9 Å². The van der Waals surface area contributed by atoms with Crippen LogP contribution in [0.3, 0.4) is 0 Å². The topological polar surface area (TPSA) is 26.0 Å². The van der Waals surface area contributed by atoms with Crippen molar-refractivity contribution in [2.24, 2.45) is 17.6 Å².